The molecular formula is C24H36O4. The van der Waals surface area contributed by atoms with Crippen LogP contribution in [-0.4, -0.2) is 25.3 Å². The Kier molecular flexibility index (Phi) is 10.4. The standard InChI is InChI=1S/C24H36O4/c1-7-9-10-12-18-15-21(27-5)23(22(16-18)28-6)19(11-8-2)20(24(25)26)14-13-17(3)4/h8,11,15-16,19-20H,3,7,9-10,12-14H2,1-2,4-6H3,(H,25,26)/b11-8+/t19-,20-/m1/s1. The van der Waals surface area contributed by atoms with E-state index in [2.05, 4.69) is 13.5 Å². The smallest absolute Gasteiger partial charge is 0.307 e. The molecule has 0 aliphatic rings. The number of carboxylic acids is 1. The number of ether oxygens (including phenoxy) is 2. The summed E-state index contributed by atoms with van der Waals surface area (Å²) in [4.78, 5) is 12.1. The lowest BCUT2D eigenvalue weighted by molar-refractivity contribution is -0.142. The maximum atomic E-state index is 12.1. The molecule has 2 atom stereocenters. The molecule has 1 rings (SSSR count). The van der Waals surface area contributed by atoms with Crippen LogP contribution in [0, 0.1) is 5.92 Å². The van der Waals surface area contributed by atoms with Gasteiger partial charge in [-0.25, -0.2) is 0 Å². The molecule has 4 nitrogen and oxygen atoms in total. The third-order valence-electron chi connectivity index (χ3n) is 5.04. The zero-order valence-corrected chi connectivity index (χ0v) is 18.1. The van der Waals surface area contributed by atoms with E-state index in [1.165, 1.54) is 12.8 Å². The maximum absolute atomic E-state index is 12.1. The molecule has 1 N–H and O–H groups in total. The lowest BCUT2D eigenvalue weighted by atomic mass is 9.80. The number of carbonyl (C=O) groups is 1. The van der Waals surface area contributed by atoms with Crippen molar-refractivity contribution in [2.45, 2.75) is 65.2 Å². The number of aliphatic carboxylic acids is 1. The summed E-state index contributed by atoms with van der Waals surface area (Å²) >= 11 is 0. The molecule has 0 saturated heterocycles. The second-order valence-electron chi connectivity index (χ2n) is 7.36. The van der Waals surface area contributed by atoms with Crippen molar-refractivity contribution in [1.29, 1.82) is 0 Å². The second-order valence-corrected chi connectivity index (χ2v) is 7.36. The third kappa shape index (κ3) is 6.74. The number of hydrogen-bond donors (Lipinski definition) is 1. The van der Waals surface area contributed by atoms with Gasteiger partial charge in [0, 0.05) is 11.5 Å². The highest BCUT2D eigenvalue weighted by atomic mass is 16.5. The molecule has 0 saturated carbocycles. The molecule has 0 radical (unpaired) electrons. The van der Waals surface area contributed by atoms with Crippen molar-refractivity contribution in [1.82, 2.24) is 0 Å². The molecule has 0 amide bonds. The van der Waals surface area contributed by atoms with Crippen LogP contribution < -0.4 is 9.47 Å². The number of hydrogen-bond acceptors (Lipinski definition) is 3. The molecule has 0 spiro atoms. The first-order valence-corrected chi connectivity index (χ1v) is 10.1. The van der Waals surface area contributed by atoms with E-state index in [4.69, 9.17) is 9.47 Å². The minimum absolute atomic E-state index is 0.337. The average Bonchev–Trinajstić information content (AvgIpc) is 2.66. The Hall–Kier alpha value is -2.23. The number of benzene rings is 1. The first kappa shape index (κ1) is 23.8. The van der Waals surface area contributed by atoms with Gasteiger partial charge in [0.15, 0.2) is 0 Å². The van der Waals surface area contributed by atoms with Crippen LogP contribution >= 0.6 is 0 Å². The molecular weight excluding hydrogens is 352 g/mol. The van der Waals surface area contributed by atoms with Crippen LogP contribution in [0.1, 0.15) is 69.9 Å². The van der Waals surface area contributed by atoms with E-state index in [-0.39, 0.29) is 5.92 Å². The molecule has 0 bridgehead atoms. The van der Waals surface area contributed by atoms with E-state index in [9.17, 15) is 9.90 Å². The molecule has 0 aromatic heterocycles. The van der Waals surface area contributed by atoms with Crippen molar-refractivity contribution in [2.24, 2.45) is 5.92 Å². The molecule has 4 heteroatoms. The summed E-state index contributed by atoms with van der Waals surface area (Å²) in [5.41, 5.74) is 2.94. The predicted octanol–water partition coefficient (Wildman–Crippen LogP) is 6.15. The Bertz CT molecular complexity index is 650. The number of unbranched alkanes of at least 4 members (excludes halogenated alkanes) is 2. The molecule has 1 aromatic carbocycles. The van der Waals surface area contributed by atoms with Crippen LogP contribution in [-0.2, 0) is 11.2 Å². The SMILES string of the molecule is C=C(C)CC[C@@H](C(=O)O)[C@@H](/C=C/C)c1c(OC)cc(CCCCC)cc1OC. The molecule has 28 heavy (non-hydrogen) atoms. The van der Waals surface area contributed by atoms with Gasteiger partial charge >= 0.3 is 5.97 Å². The van der Waals surface area contributed by atoms with E-state index in [1.807, 2.05) is 38.1 Å². The fraction of sp³-hybridized carbons (Fsp3) is 0.542. The molecule has 0 fully saturated rings. The first-order chi connectivity index (χ1) is 13.4. The highest BCUT2D eigenvalue weighted by Crippen LogP contribution is 2.43. The first-order valence-electron chi connectivity index (χ1n) is 10.1. The zero-order chi connectivity index (χ0) is 21.1. The lowest BCUT2D eigenvalue weighted by Crippen LogP contribution is -2.22. The topological polar surface area (TPSA) is 55.8 Å². The fourth-order valence-corrected chi connectivity index (χ4v) is 3.54. The normalized spacial score (nSPS) is 13.3. The minimum Gasteiger partial charge on any atom is -0.496 e. The van der Waals surface area contributed by atoms with Gasteiger partial charge in [0.2, 0.25) is 0 Å². The number of allylic oxidation sites excluding steroid dienone is 3. The number of aryl methyl sites for hydroxylation is 1. The average molecular weight is 389 g/mol. The van der Waals surface area contributed by atoms with E-state index in [1.54, 1.807) is 14.2 Å². The summed E-state index contributed by atoms with van der Waals surface area (Å²) in [7, 11) is 3.26. The van der Waals surface area contributed by atoms with Gasteiger partial charge in [0.25, 0.3) is 0 Å². The van der Waals surface area contributed by atoms with Gasteiger partial charge in [-0.15, -0.1) is 6.58 Å². The lowest BCUT2D eigenvalue weighted by Gasteiger charge is -2.26. The van der Waals surface area contributed by atoms with Crippen LogP contribution in [0.15, 0.2) is 36.4 Å². The Morgan fingerprint density at radius 1 is 1.21 bits per heavy atom. The highest BCUT2D eigenvalue weighted by Gasteiger charge is 2.32. The summed E-state index contributed by atoms with van der Waals surface area (Å²) in [6, 6.07) is 4.06. The van der Waals surface area contributed by atoms with E-state index < -0.39 is 11.9 Å². The Morgan fingerprint density at radius 2 is 1.82 bits per heavy atom. The number of methoxy groups -OCH3 is 2. The minimum atomic E-state index is -0.819. The fourth-order valence-electron chi connectivity index (χ4n) is 3.54. The van der Waals surface area contributed by atoms with Crippen LogP contribution in [0.5, 0.6) is 11.5 Å². The summed E-state index contributed by atoms with van der Waals surface area (Å²) in [6.45, 7) is 9.93. The van der Waals surface area contributed by atoms with Crippen molar-refractivity contribution in [2.75, 3.05) is 14.2 Å². The molecule has 0 aliphatic heterocycles. The van der Waals surface area contributed by atoms with Crippen molar-refractivity contribution in [3.63, 3.8) is 0 Å². The molecule has 0 unspecified atom stereocenters. The third-order valence-corrected chi connectivity index (χ3v) is 5.04. The van der Waals surface area contributed by atoms with Gasteiger partial charge in [0.1, 0.15) is 11.5 Å². The van der Waals surface area contributed by atoms with Crippen molar-refractivity contribution in [3.05, 3.63) is 47.6 Å². The monoisotopic (exact) mass is 388 g/mol. The Morgan fingerprint density at radius 3 is 2.25 bits per heavy atom. The predicted molar refractivity (Wildman–Crippen MR) is 116 cm³/mol. The number of carboxylic acid groups (broad SMARTS) is 1. The van der Waals surface area contributed by atoms with Crippen LogP contribution in [0.4, 0.5) is 0 Å². The quantitative estimate of drug-likeness (QED) is 0.325. The highest BCUT2D eigenvalue weighted by molar-refractivity contribution is 5.73. The van der Waals surface area contributed by atoms with E-state index >= 15 is 0 Å². The number of rotatable bonds is 13. The molecule has 1 aromatic rings. The van der Waals surface area contributed by atoms with Gasteiger partial charge in [-0.05, 0) is 57.2 Å². The van der Waals surface area contributed by atoms with E-state index in [0.29, 0.717) is 24.3 Å². The van der Waals surface area contributed by atoms with Gasteiger partial charge in [-0.1, -0.05) is 37.5 Å². The van der Waals surface area contributed by atoms with Gasteiger partial charge < -0.3 is 14.6 Å². The van der Waals surface area contributed by atoms with Crippen LogP contribution in [0.2, 0.25) is 0 Å². The second kappa shape index (κ2) is 12.3. The molecule has 0 aliphatic carbocycles. The van der Waals surface area contributed by atoms with Crippen LogP contribution in [0.25, 0.3) is 0 Å². The summed E-state index contributed by atoms with van der Waals surface area (Å²) in [5, 5.41) is 9.92. The van der Waals surface area contributed by atoms with Gasteiger partial charge in [-0.2, -0.15) is 0 Å². The van der Waals surface area contributed by atoms with Crippen molar-refractivity contribution in [3.8, 4) is 11.5 Å². The van der Waals surface area contributed by atoms with Crippen molar-refractivity contribution >= 4 is 5.97 Å². The Balaban J connectivity index is 3.42. The maximum Gasteiger partial charge on any atom is 0.307 e. The van der Waals surface area contributed by atoms with Crippen molar-refractivity contribution < 1.29 is 19.4 Å². The van der Waals surface area contributed by atoms with Gasteiger partial charge in [0.05, 0.1) is 20.1 Å². The van der Waals surface area contributed by atoms with Crippen LogP contribution in [0.3, 0.4) is 0 Å². The van der Waals surface area contributed by atoms with E-state index in [0.717, 1.165) is 29.5 Å². The Labute approximate surface area is 170 Å². The van der Waals surface area contributed by atoms with Gasteiger partial charge in [-0.3, -0.25) is 4.79 Å². The largest absolute Gasteiger partial charge is 0.496 e. The summed E-state index contributed by atoms with van der Waals surface area (Å²) < 4.78 is 11.4. The summed E-state index contributed by atoms with van der Waals surface area (Å²) in [5.74, 6) is -0.357. The summed E-state index contributed by atoms with van der Waals surface area (Å²) in [6.07, 6.45) is 9.43. The molecule has 0 heterocycles. The zero-order valence-electron chi connectivity index (χ0n) is 18.1. The molecule has 156 valence electrons.